The van der Waals surface area contributed by atoms with E-state index in [9.17, 15) is 10.4 Å². The summed E-state index contributed by atoms with van der Waals surface area (Å²) in [6.07, 6.45) is 3.45. The van der Waals surface area contributed by atoms with E-state index in [1.54, 1.807) is 6.92 Å². The van der Waals surface area contributed by atoms with Gasteiger partial charge in [0, 0.05) is 4.47 Å². The van der Waals surface area contributed by atoms with Gasteiger partial charge in [0.05, 0.1) is 11.5 Å². The van der Waals surface area contributed by atoms with E-state index in [1.807, 2.05) is 24.3 Å². The van der Waals surface area contributed by atoms with Crippen molar-refractivity contribution in [1.29, 1.82) is 5.26 Å². The van der Waals surface area contributed by atoms with Crippen LogP contribution in [0.1, 0.15) is 52.0 Å². The van der Waals surface area contributed by atoms with Crippen LogP contribution in [0.4, 0.5) is 0 Å². The quantitative estimate of drug-likeness (QED) is 0.846. The summed E-state index contributed by atoms with van der Waals surface area (Å²) in [6.45, 7) is 6.26. The van der Waals surface area contributed by atoms with E-state index in [1.165, 1.54) is 0 Å². The van der Waals surface area contributed by atoms with Gasteiger partial charge >= 0.3 is 0 Å². The molecule has 0 aliphatic heterocycles. The van der Waals surface area contributed by atoms with Crippen LogP contribution >= 0.6 is 15.9 Å². The lowest BCUT2D eigenvalue weighted by Crippen LogP contribution is -2.46. The Bertz CT molecular complexity index is 532. The highest BCUT2D eigenvalue weighted by Gasteiger charge is 2.51. The highest BCUT2D eigenvalue weighted by atomic mass is 79.9. The zero-order chi connectivity index (χ0) is 15.0. The lowest BCUT2D eigenvalue weighted by molar-refractivity contribution is -0.0773. The smallest absolute Gasteiger partial charge is 0.105 e. The molecule has 0 heterocycles. The zero-order valence-corrected chi connectivity index (χ0v) is 14.0. The van der Waals surface area contributed by atoms with Crippen molar-refractivity contribution in [1.82, 2.24) is 0 Å². The van der Waals surface area contributed by atoms with Crippen LogP contribution in [-0.2, 0) is 5.60 Å². The van der Waals surface area contributed by atoms with E-state index >= 15 is 0 Å². The van der Waals surface area contributed by atoms with Gasteiger partial charge in [0.2, 0.25) is 0 Å². The maximum Gasteiger partial charge on any atom is 0.105 e. The van der Waals surface area contributed by atoms with E-state index in [0.717, 1.165) is 35.7 Å². The number of nitriles is 1. The van der Waals surface area contributed by atoms with Gasteiger partial charge in [-0.2, -0.15) is 5.26 Å². The summed E-state index contributed by atoms with van der Waals surface area (Å²) in [5.41, 5.74) is -0.730. The second kappa shape index (κ2) is 5.16. The van der Waals surface area contributed by atoms with E-state index < -0.39 is 11.0 Å². The molecule has 1 saturated carbocycles. The molecule has 1 N–H and O–H groups in total. The molecule has 1 atom stereocenters. The minimum absolute atomic E-state index is 0.272. The number of hydrogen-bond donors (Lipinski definition) is 1. The van der Waals surface area contributed by atoms with Crippen LogP contribution in [0.15, 0.2) is 28.7 Å². The van der Waals surface area contributed by atoms with E-state index in [-0.39, 0.29) is 5.41 Å². The zero-order valence-electron chi connectivity index (χ0n) is 12.4. The third kappa shape index (κ3) is 2.64. The molecule has 2 nitrogen and oxygen atoms in total. The van der Waals surface area contributed by atoms with Gasteiger partial charge in [-0.15, -0.1) is 0 Å². The number of halogens is 1. The first-order valence-electron chi connectivity index (χ1n) is 7.12. The van der Waals surface area contributed by atoms with Gasteiger partial charge in [0.15, 0.2) is 0 Å². The maximum absolute atomic E-state index is 11.1. The highest BCUT2D eigenvalue weighted by Crippen LogP contribution is 2.53. The summed E-state index contributed by atoms with van der Waals surface area (Å²) in [7, 11) is 0. The van der Waals surface area contributed by atoms with Gasteiger partial charge in [-0.3, -0.25) is 0 Å². The topological polar surface area (TPSA) is 44.0 Å². The Hall–Kier alpha value is -0.850. The van der Waals surface area contributed by atoms with Crippen LogP contribution < -0.4 is 0 Å². The van der Waals surface area contributed by atoms with Crippen LogP contribution in [0.3, 0.4) is 0 Å². The maximum atomic E-state index is 11.1. The molecule has 1 aromatic carbocycles. The number of aliphatic hydroxyl groups is 1. The predicted octanol–water partition coefficient (Wildman–Crippen LogP) is 4.77. The molecule has 0 spiro atoms. The summed E-state index contributed by atoms with van der Waals surface area (Å²) in [5.74, 6) is 0. The van der Waals surface area contributed by atoms with Gasteiger partial charge in [-0.05, 0) is 55.7 Å². The van der Waals surface area contributed by atoms with Crippen LogP contribution in [0, 0.1) is 22.2 Å². The Morgan fingerprint density at radius 2 is 1.85 bits per heavy atom. The van der Waals surface area contributed by atoms with Crippen molar-refractivity contribution in [3.63, 3.8) is 0 Å². The normalized spacial score (nSPS) is 23.6. The number of nitrogens with zero attached hydrogens (tertiary/aromatic N) is 1. The fourth-order valence-electron chi connectivity index (χ4n) is 3.13. The van der Waals surface area contributed by atoms with Crippen molar-refractivity contribution in [2.75, 3.05) is 0 Å². The van der Waals surface area contributed by atoms with Crippen LogP contribution in [0.2, 0.25) is 0 Å². The monoisotopic (exact) mass is 335 g/mol. The van der Waals surface area contributed by atoms with Crippen molar-refractivity contribution in [2.45, 2.75) is 52.1 Å². The minimum Gasteiger partial charge on any atom is -0.384 e. The average molecular weight is 336 g/mol. The second-order valence-corrected chi connectivity index (χ2v) is 7.86. The SMILES string of the molecule is CC1(C)CCC(C#N)(C(C)(O)c2cccc(Br)c2)CC1. The molecule has 1 aliphatic carbocycles. The number of hydrogen-bond acceptors (Lipinski definition) is 2. The molecule has 0 radical (unpaired) electrons. The summed E-state index contributed by atoms with van der Waals surface area (Å²) in [5, 5.41) is 20.9. The first-order chi connectivity index (χ1) is 9.22. The number of rotatable bonds is 2. The molecule has 1 aromatic rings. The fraction of sp³-hybridized carbons (Fsp3) is 0.588. The van der Waals surface area contributed by atoms with Gasteiger partial charge in [0.25, 0.3) is 0 Å². The first kappa shape index (κ1) is 15.5. The Balaban J connectivity index is 2.38. The summed E-state index contributed by atoms with van der Waals surface area (Å²) in [4.78, 5) is 0. The molecule has 1 fully saturated rings. The molecule has 0 bridgehead atoms. The largest absolute Gasteiger partial charge is 0.384 e. The minimum atomic E-state index is -1.12. The van der Waals surface area contributed by atoms with Gasteiger partial charge in [-0.25, -0.2) is 0 Å². The Morgan fingerprint density at radius 1 is 1.25 bits per heavy atom. The molecular formula is C17H22BrNO. The Morgan fingerprint density at radius 3 is 2.35 bits per heavy atom. The fourth-order valence-corrected chi connectivity index (χ4v) is 3.53. The van der Waals surface area contributed by atoms with E-state index in [2.05, 4.69) is 35.8 Å². The molecule has 108 valence electrons. The first-order valence-corrected chi connectivity index (χ1v) is 7.91. The summed E-state index contributed by atoms with van der Waals surface area (Å²) >= 11 is 3.44. The molecule has 20 heavy (non-hydrogen) atoms. The van der Waals surface area contributed by atoms with Crippen LogP contribution in [0.5, 0.6) is 0 Å². The molecule has 0 amide bonds. The third-order valence-electron chi connectivity index (χ3n) is 4.99. The van der Waals surface area contributed by atoms with Crippen molar-refractivity contribution in [3.8, 4) is 6.07 Å². The lowest BCUT2D eigenvalue weighted by Gasteiger charge is -2.47. The number of benzene rings is 1. The Labute approximate surface area is 129 Å². The molecule has 2 rings (SSSR count). The third-order valence-corrected chi connectivity index (χ3v) is 5.48. The molecule has 1 unspecified atom stereocenters. The van der Waals surface area contributed by atoms with Crippen molar-refractivity contribution in [2.24, 2.45) is 10.8 Å². The van der Waals surface area contributed by atoms with Gasteiger partial charge in [0.1, 0.15) is 5.60 Å². The standard InChI is InChI=1S/C17H22BrNO/c1-15(2)7-9-17(12-19,10-8-15)16(3,20)13-5-4-6-14(18)11-13/h4-6,11,20H,7-10H2,1-3H3. The van der Waals surface area contributed by atoms with E-state index in [0.29, 0.717) is 0 Å². The molecule has 0 aromatic heterocycles. The average Bonchev–Trinajstić information content (AvgIpc) is 2.39. The van der Waals surface area contributed by atoms with Gasteiger partial charge in [-0.1, -0.05) is 41.9 Å². The van der Waals surface area contributed by atoms with Crippen molar-refractivity contribution < 1.29 is 5.11 Å². The van der Waals surface area contributed by atoms with Crippen molar-refractivity contribution >= 4 is 15.9 Å². The van der Waals surface area contributed by atoms with Crippen LogP contribution in [0.25, 0.3) is 0 Å². The molecule has 1 aliphatic rings. The predicted molar refractivity (Wildman–Crippen MR) is 84.0 cm³/mol. The molecule has 3 heteroatoms. The summed E-state index contributed by atoms with van der Waals surface area (Å²) in [6, 6.07) is 10.1. The lowest BCUT2D eigenvalue weighted by atomic mass is 9.58. The van der Waals surface area contributed by atoms with Crippen LogP contribution in [-0.4, -0.2) is 5.11 Å². The molecule has 0 saturated heterocycles. The second-order valence-electron chi connectivity index (χ2n) is 6.94. The van der Waals surface area contributed by atoms with Gasteiger partial charge < -0.3 is 5.11 Å². The van der Waals surface area contributed by atoms with E-state index in [4.69, 9.17) is 0 Å². The van der Waals surface area contributed by atoms with Crippen molar-refractivity contribution in [3.05, 3.63) is 34.3 Å². The molecular weight excluding hydrogens is 314 g/mol. The summed E-state index contributed by atoms with van der Waals surface area (Å²) < 4.78 is 0.930. The Kier molecular flexibility index (Phi) is 4.01. The highest BCUT2D eigenvalue weighted by molar-refractivity contribution is 9.10.